The van der Waals surface area contributed by atoms with Crippen molar-refractivity contribution in [3.05, 3.63) is 45.4 Å². The molecule has 1 aromatic carbocycles. The van der Waals surface area contributed by atoms with Gasteiger partial charge in [0.15, 0.2) is 4.60 Å². The highest BCUT2D eigenvalue weighted by atomic mass is 79.9. The summed E-state index contributed by atoms with van der Waals surface area (Å²) in [6, 6.07) is 4.61. The van der Waals surface area contributed by atoms with Crippen molar-refractivity contribution in [3.8, 4) is 0 Å². The zero-order valence-electron chi connectivity index (χ0n) is 10.4. The Hall–Kier alpha value is -1.27. The van der Waals surface area contributed by atoms with E-state index in [-0.39, 0.29) is 11.9 Å². The lowest BCUT2D eigenvalue weighted by Crippen LogP contribution is -2.22. The lowest BCUT2D eigenvalue weighted by Gasteiger charge is -2.19. The monoisotopic (exact) mass is 312 g/mol. The highest BCUT2D eigenvalue weighted by molar-refractivity contribution is 9.10. The summed E-state index contributed by atoms with van der Waals surface area (Å²) in [6.07, 6.45) is 0. The molecule has 1 heterocycles. The molecule has 0 saturated carbocycles. The Balaban J connectivity index is 2.55. The van der Waals surface area contributed by atoms with E-state index in [1.807, 2.05) is 21.0 Å². The van der Waals surface area contributed by atoms with E-state index in [4.69, 9.17) is 0 Å². The van der Waals surface area contributed by atoms with Gasteiger partial charge in [-0.2, -0.15) is 0 Å². The number of hydrogen-bond donors (Lipinski definition) is 1. The van der Waals surface area contributed by atoms with Gasteiger partial charge in [0.05, 0.1) is 11.7 Å². The van der Waals surface area contributed by atoms with Crippen molar-refractivity contribution in [2.24, 2.45) is 7.05 Å². The summed E-state index contributed by atoms with van der Waals surface area (Å²) in [6.45, 7) is 1.96. The molecule has 18 heavy (non-hydrogen) atoms. The molecule has 0 bridgehead atoms. The standard InChI is InChI=1S/C12H14BrFN4/c1-7-4-5-8(14)6-9(7)10(15-2)11-12(13)16-17-18(11)3/h4-6,10,15H,1-3H3. The summed E-state index contributed by atoms with van der Waals surface area (Å²) in [5.41, 5.74) is 2.76. The van der Waals surface area contributed by atoms with Crippen molar-refractivity contribution in [3.63, 3.8) is 0 Å². The number of halogens is 2. The summed E-state index contributed by atoms with van der Waals surface area (Å²) < 4.78 is 15.7. The molecule has 0 fully saturated rings. The zero-order valence-corrected chi connectivity index (χ0v) is 12.0. The van der Waals surface area contributed by atoms with Gasteiger partial charge in [0.25, 0.3) is 0 Å². The molecule has 2 rings (SSSR count). The van der Waals surface area contributed by atoms with Crippen molar-refractivity contribution in [1.82, 2.24) is 20.3 Å². The molecular formula is C12H14BrFN4. The van der Waals surface area contributed by atoms with Gasteiger partial charge >= 0.3 is 0 Å². The second-order valence-corrected chi connectivity index (χ2v) is 4.86. The van der Waals surface area contributed by atoms with E-state index in [2.05, 4.69) is 31.6 Å². The van der Waals surface area contributed by atoms with Crippen LogP contribution in [0.3, 0.4) is 0 Å². The van der Waals surface area contributed by atoms with E-state index in [1.165, 1.54) is 12.1 Å². The van der Waals surface area contributed by atoms with E-state index in [0.717, 1.165) is 16.8 Å². The Morgan fingerprint density at radius 2 is 2.17 bits per heavy atom. The van der Waals surface area contributed by atoms with Gasteiger partial charge in [-0.05, 0) is 53.2 Å². The zero-order chi connectivity index (χ0) is 13.3. The number of aromatic nitrogens is 3. The number of hydrogen-bond acceptors (Lipinski definition) is 3. The fraction of sp³-hybridized carbons (Fsp3) is 0.333. The minimum absolute atomic E-state index is 0.157. The first-order valence-electron chi connectivity index (χ1n) is 5.53. The summed E-state index contributed by atoms with van der Waals surface area (Å²) in [4.78, 5) is 0. The maximum absolute atomic E-state index is 13.4. The maximum atomic E-state index is 13.4. The molecule has 1 atom stereocenters. The molecule has 1 aromatic heterocycles. The minimum atomic E-state index is -0.248. The van der Waals surface area contributed by atoms with E-state index in [1.54, 1.807) is 10.7 Å². The first-order valence-corrected chi connectivity index (χ1v) is 6.32. The van der Waals surface area contributed by atoms with Gasteiger partial charge in [-0.15, -0.1) is 5.10 Å². The third kappa shape index (κ3) is 2.30. The molecular weight excluding hydrogens is 299 g/mol. The molecule has 0 spiro atoms. The topological polar surface area (TPSA) is 42.7 Å². The predicted octanol–water partition coefficient (Wildman–Crippen LogP) is 2.33. The molecule has 1 N–H and O–H groups in total. The van der Waals surface area contributed by atoms with E-state index >= 15 is 0 Å². The van der Waals surface area contributed by atoms with Crippen LogP contribution in [0, 0.1) is 12.7 Å². The van der Waals surface area contributed by atoms with E-state index in [0.29, 0.717) is 4.60 Å². The van der Waals surface area contributed by atoms with Crippen molar-refractivity contribution < 1.29 is 4.39 Å². The maximum Gasteiger partial charge on any atom is 0.153 e. The normalized spacial score (nSPS) is 12.7. The van der Waals surface area contributed by atoms with Crippen LogP contribution in [-0.2, 0) is 7.05 Å². The van der Waals surface area contributed by atoms with Crippen LogP contribution in [0.15, 0.2) is 22.8 Å². The molecule has 0 aliphatic rings. The van der Waals surface area contributed by atoms with Gasteiger partial charge in [-0.25, -0.2) is 9.07 Å². The SMILES string of the molecule is CNC(c1cc(F)ccc1C)c1c(Br)nnn1C. The van der Waals surface area contributed by atoms with Gasteiger partial charge in [0.1, 0.15) is 5.82 Å². The quantitative estimate of drug-likeness (QED) is 0.946. The molecule has 96 valence electrons. The summed E-state index contributed by atoms with van der Waals surface area (Å²) in [5, 5.41) is 11.1. The average molecular weight is 313 g/mol. The molecule has 0 saturated heterocycles. The molecule has 0 amide bonds. The van der Waals surface area contributed by atoms with Crippen molar-refractivity contribution in [2.75, 3.05) is 7.05 Å². The fourth-order valence-electron chi connectivity index (χ4n) is 2.01. The fourth-order valence-corrected chi connectivity index (χ4v) is 2.56. The Kier molecular flexibility index (Phi) is 3.77. The van der Waals surface area contributed by atoms with E-state index in [9.17, 15) is 4.39 Å². The van der Waals surface area contributed by atoms with Crippen molar-refractivity contribution in [2.45, 2.75) is 13.0 Å². The first-order chi connectivity index (χ1) is 8.54. The van der Waals surface area contributed by atoms with Gasteiger partial charge in [0, 0.05) is 7.05 Å². The van der Waals surface area contributed by atoms with Crippen LogP contribution in [0.1, 0.15) is 22.9 Å². The summed E-state index contributed by atoms with van der Waals surface area (Å²) in [5.74, 6) is -0.248. The van der Waals surface area contributed by atoms with E-state index < -0.39 is 0 Å². The van der Waals surface area contributed by atoms with Gasteiger partial charge < -0.3 is 5.32 Å². The number of rotatable bonds is 3. The van der Waals surface area contributed by atoms with Crippen LogP contribution in [0.2, 0.25) is 0 Å². The molecule has 6 heteroatoms. The summed E-state index contributed by atoms with van der Waals surface area (Å²) >= 11 is 3.37. The molecule has 4 nitrogen and oxygen atoms in total. The van der Waals surface area contributed by atoms with Crippen molar-refractivity contribution in [1.29, 1.82) is 0 Å². The molecule has 0 radical (unpaired) electrons. The third-order valence-corrected chi connectivity index (χ3v) is 3.51. The van der Waals surface area contributed by atoms with Gasteiger partial charge in [-0.3, -0.25) is 0 Å². The first kappa shape index (κ1) is 13.2. The molecule has 0 aliphatic heterocycles. The molecule has 1 unspecified atom stereocenters. The Labute approximate surface area is 113 Å². The number of benzene rings is 1. The third-order valence-electron chi connectivity index (χ3n) is 2.94. The van der Waals surface area contributed by atoms with Crippen LogP contribution < -0.4 is 5.32 Å². The number of nitrogens with one attached hydrogen (secondary N) is 1. The minimum Gasteiger partial charge on any atom is -0.308 e. The smallest absolute Gasteiger partial charge is 0.153 e. The highest BCUT2D eigenvalue weighted by Gasteiger charge is 2.22. The average Bonchev–Trinajstić information content (AvgIpc) is 2.66. The lowest BCUT2D eigenvalue weighted by molar-refractivity contribution is 0.583. The van der Waals surface area contributed by atoms with Crippen molar-refractivity contribution >= 4 is 15.9 Å². The second-order valence-electron chi connectivity index (χ2n) is 4.11. The number of nitrogens with zero attached hydrogens (tertiary/aromatic N) is 3. The lowest BCUT2D eigenvalue weighted by atomic mass is 9.99. The van der Waals surface area contributed by atoms with Crippen LogP contribution in [0.4, 0.5) is 4.39 Å². The Morgan fingerprint density at radius 3 is 2.72 bits per heavy atom. The molecule has 2 aromatic rings. The van der Waals surface area contributed by atoms with Crippen LogP contribution in [0.5, 0.6) is 0 Å². The van der Waals surface area contributed by atoms with Gasteiger partial charge in [0.2, 0.25) is 0 Å². The highest BCUT2D eigenvalue weighted by Crippen LogP contribution is 2.28. The largest absolute Gasteiger partial charge is 0.308 e. The van der Waals surface area contributed by atoms with Gasteiger partial charge in [-0.1, -0.05) is 11.3 Å². The Bertz CT molecular complexity index is 548. The summed E-state index contributed by atoms with van der Waals surface area (Å²) in [7, 11) is 3.64. The predicted molar refractivity (Wildman–Crippen MR) is 70.7 cm³/mol. The van der Waals surface area contributed by atoms with Crippen LogP contribution >= 0.6 is 15.9 Å². The number of aryl methyl sites for hydroxylation is 2. The molecule has 0 aliphatic carbocycles. The van der Waals surface area contributed by atoms with Crippen LogP contribution in [0.25, 0.3) is 0 Å². The second kappa shape index (κ2) is 5.16. The Morgan fingerprint density at radius 1 is 1.44 bits per heavy atom. The van der Waals surface area contributed by atoms with Crippen LogP contribution in [-0.4, -0.2) is 22.0 Å².